The monoisotopic (exact) mass is 335 g/mol. The van der Waals surface area contributed by atoms with Gasteiger partial charge in [-0.15, -0.1) is 0 Å². The minimum absolute atomic E-state index is 0.0955. The number of benzene rings is 1. The highest BCUT2D eigenvalue weighted by Gasteiger charge is 2.07. The van der Waals surface area contributed by atoms with E-state index in [-0.39, 0.29) is 11.0 Å². The Labute approximate surface area is 104 Å². The van der Waals surface area contributed by atoms with Gasteiger partial charge in [0.1, 0.15) is 11.0 Å². The topological polar surface area (TPSA) is 30.0 Å². The van der Waals surface area contributed by atoms with E-state index in [1.165, 1.54) is 6.07 Å². The minimum Gasteiger partial charge on any atom is -0.298 e. The average molecular weight is 336 g/mol. The summed E-state index contributed by atoms with van der Waals surface area (Å²) in [7, 11) is 0. The second-order valence-corrected chi connectivity index (χ2v) is 4.47. The summed E-state index contributed by atoms with van der Waals surface area (Å²) in [5.74, 6) is -0.342. The summed E-state index contributed by atoms with van der Waals surface area (Å²) in [5.41, 5.74) is 0.759. The lowest BCUT2D eigenvalue weighted by Gasteiger charge is -2.02. The molecule has 76 valence electrons. The van der Waals surface area contributed by atoms with E-state index >= 15 is 0 Å². The summed E-state index contributed by atoms with van der Waals surface area (Å²) in [5, 5.41) is 0.797. The number of pyridine rings is 1. The van der Waals surface area contributed by atoms with Crippen molar-refractivity contribution in [2.24, 2.45) is 0 Å². The fraction of sp³-hybridized carbons (Fsp3) is 0. The zero-order valence-corrected chi connectivity index (χ0v) is 10.2. The van der Waals surface area contributed by atoms with E-state index in [4.69, 9.17) is 11.6 Å². The number of fused-ring (bicyclic) bond motifs is 1. The van der Waals surface area contributed by atoms with Crippen LogP contribution in [0.4, 0.5) is 4.39 Å². The Kier molecular flexibility index (Phi) is 2.88. The maximum atomic E-state index is 13.2. The van der Waals surface area contributed by atoms with Crippen molar-refractivity contribution in [3.05, 3.63) is 38.3 Å². The number of halogens is 3. The van der Waals surface area contributed by atoms with Gasteiger partial charge in [-0.1, -0.05) is 11.6 Å². The second-order valence-electron chi connectivity index (χ2n) is 2.95. The van der Waals surface area contributed by atoms with Crippen LogP contribution >= 0.6 is 34.2 Å². The molecule has 0 N–H and O–H groups in total. The number of hydrogen-bond acceptors (Lipinski definition) is 2. The van der Waals surface area contributed by atoms with E-state index in [0.29, 0.717) is 26.3 Å². The number of aldehydes is 1. The van der Waals surface area contributed by atoms with Crippen LogP contribution in [-0.2, 0) is 0 Å². The minimum atomic E-state index is -0.342. The van der Waals surface area contributed by atoms with Crippen LogP contribution in [0.3, 0.4) is 0 Å². The molecule has 0 spiro atoms. The van der Waals surface area contributed by atoms with Gasteiger partial charge in [0.25, 0.3) is 0 Å². The van der Waals surface area contributed by atoms with E-state index in [2.05, 4.69) is 4.98 Å². The van der Waals surface area contributed by atoms with Crippen LogP contribution < -0.4 is 0 Å². The molecule has 0 unspecified atom stereocenters. The van der Waals surface area contributed by atoms with E-state index in [9.17, 15) is 9.18 Å². The molecule has 0 atom stereocenters. The van der Waals surface area contributed by atoms with Crippen molar-refractivity contribution in [1.82, 2.24) is 4.98 Å². The Bertz CT molecular complexity index is 559. The molecule has 0 saturated carbocycles. The number of aromatic nitrogens is 1. The molecule has 0 aliphatic heterocycles. The van der Waals surface area contributed by atoms with Crippen molar-refractivity contribution in [3.8, 4) is 0 Å². The van der Waals surface area contributed by atoms with E-state index in [0.717, 1.165) is 0 Å². The molecule has 0 radical (unpaired) electrons. The van der Waals surface area contributed by atoms with Crippen molar-refractivity contribution < 1.29 is 9.18 Å². The normalized spacial score (nSPS) is 10.6. The summed E-state index contributed by atoms with van der Waals surface area (Å²) in [4.78, 5) is 14.6. The van der Waals surface area contributed by atoms with Gasteiger partial charge >= 0.3 is 0 Å². The van der Waals surface area contributed by atoms with Crippen molar-refractivity contribution >= 4 is 51.4 Å². The first-order chi connectivity index (χ1) is 7.11. The molecule has 0 fully saturated rings. The van der Waals surface area contributed by atoms with Gasteiger partial charge in [0.15, 0.2) is 6.29 Å². The first-order valence-electron chi connectivity index (χ1n) is 4.02. The highest BCUT2D eigenvalue weighted by Crippen LogP contribution is 2.23. The lowest BCUT2D eigenvalue weighted by molar-refractivity contribution is 0.112. The van der Waals surface area contributed by atoms with Crippen LogP contribution in [0.25, 0.3) is 10.9 Å². The zero-order valence-electron chi connectivity index (χ0n) is 7.30. The predicted octanol–water partition coefficient (Wildman–Crippen LogP) is 3.44. The molecule has 2 nitrogen and oxygen atoms in total. The summed E-state index contributed by atoms with van der Waals surface area (Å²) in [6.07, 6.45) is 0.630. The molecule has 0 saturated heterocycles. The van der Waals surface area contributed by atoms with Crippen LogP contribution in [0.5, 0.6) is 0 Å². The fourth-order valence-corrected chi connectivity index (χ4v) is 1.93. The number of nitrogens with zero attached hydrogens (tertiary/aromatic N) is 1. The van der Waals surface area contributed by atoms with E-state index in [1.807, 2.05) is 22.6 Å². The molecule has 1 aromatic heterocycles. The Morgan fingerprint density at radius 3 is 2.80 bits per heavy atom. The third-order valence-electron chi connectivity index (χ3n) is 1.96. The van der Waals surface area contributed by atoms with Crippen LogP contribution in [0, 0.1) is 9.39 Å². The fourth-order valence-electron chi connectivity index (χ4n) is 1.24. The lowest BCUT2D eigenvalue weighted by atomic mass is 10.2. The maximum Gasteiger partial charge on any atom is 0.153 e. The van der Waals surface area contributed by atoms with E-state index < -0.39 is 0 Å². The summed E-state index contributed by atoms with van der Waals surface area (Å²) >= 11 is 7.61. The number of carbonyl (C=O) groups is 1. The molecule has 15 heavy (non-hydrogen) atoms. The molecule has 0 aliphatic carbocycles. The molecule has 1 heterocycles. The highest BCUT2D eigenvalue weighted by atomic mass is 127. The Hall–Kier alpha value is -0.750. The number of hydrogen-bond donors (Lipinski definition) is 0. The van der Waals surface area contributed by atoms with Gasteiger partial charge in [0, 0.05) is 15.0 Å². The van der Waals surface area contributed by atoms with Gasteiger partial charge in [-0.05, 0) is 34.7 Å². The number of carbonyl (C=O) groups excluding carboxylic acids is 1. The van der Waals surface area contributed by atoms with Gasteiger partial charge in [0.2, 0.25) is 0 Å². The maximum absolute atomic E-state index is 13.2. The first-order valence-corrected chi connectivity index (χ1v) is 5.48. The Morgan fingerprint density at radius 1 is 1.40 bits per heavy atom. The molecular formula is C10H4ClFINO. The molecule has 5 heteroatoms. The standard InChI is InChI=1S/C10H4ClFINO/c11-10-6(4-15)1-5-2-8(13)7(12)3-9(5)14-10/h1-4H. The average Bonchev–Trinajstić information content (AvgIpc) is 2.20. The first kappa shape index (κ1) is 10.8. The zero-order chi connectivity index (χ0) is 11.0. The third kappa shape index (κ3) is 1.96. The predicted molar refractivity (Wildman–Crippen MR) is 64.8 cm³/mol. The van der Waals surface area contributed by atoms with Crippen LogP contribution in [0.1, 0.15) is 10.4 Å². The summed E-state index contributed by atoms with van der Waals surface area (Å²) < 4.78 is 13.7. The van der Waals surface area contributed by atoms with E-state index in [1.54, 1.807) is 12.1 Å². The number of rotatable bonds is 1. The van der Waals surface area contributed by atoms with Crippen molar-refractivity contribution in [2.45, 2.75) is 0 Å². The molecule has 0 aliphatic rings. The molecule has 2 aromatic rings. The van der Waals surface area contributed by atoms with Crippen molar-refractivity contribution in [1.29, 1.82) is 0 Å². The van der Waals surface area contributed by atoms with Crippen molar-refractivity contribution in [2.75, 3.05) is 0 Å². The van der Waals surface area contributed by atoms with Gasteiger partial charge in [-0.3, -0.25) is 4.79 Å². The summed E-state index contributed by atoms with van der Waals surface area (Å²) in [6.45, 7) is 0. The second kappa shape index (κ2) is 4.02. The molecule has 1 aromatic carbocycles. The van der Waals surface area contributed by atoms with Gasteiger partial charge < -0.3 is 0 Å². The highest BCUT2D eigenvalue weighted by molar-refractivity contribution is 14.1. The Morgan fingerprint density at radius 2 is 2.13 bits per heavy atom. The molecule has 2 rings (SSSR count). The van der Waals surface area contributed by atoms with Crippen LogP contribution in [-0.4, -0.2) is 11.3 Å². The smallest absolute Gasteiger partial charge is 0.153 e. The van der Waals surface area contributed by atoms with Gasteiger partial charge in [-0.2, -0.15) is 0 Å². The third-order valence-corrected chi connectivity index (χ3v) is 3.09. The van der Waals surface area contributed by atoms with Gasteiger partial charge in [0.05, 0.1) is 11.1 Å². The van der Waals surface area contributed by atoms with Crippen LogP contribution in [0.2, 0.25) is 5.15 Å². The molecule has 0 amide bonds. The SMILES string of the molecule is O=Cc1cc2cc(I)c(F)cc2nc1Cl. The molecule has 0 bridgehead atoms. The van der Waals surface area contributed by atoms with Crippen LogP contribution in [0.15, 0.2) is 18.2 Å². The Balaban J connectivity index is 2.82. The quantitative estimate of drug-likeness (QED) is 0.454. The van der Waals surface area contributed by atoms with Crippen molar-refractivity contribution in [3.63, 3.8) is 0 Å². The van der Waals surface area contributed by atoms with Gasteiger partial charge in [-0.25, -0.2) is 9.37 Å². The summed E-state index contributed by atoms with van der Waals surface area (Å²) in [6, 6.07) is 4.53. The lowest BCUT2D eigenvalue weighted by Crippen LogP contribution is -1.90. The largest absolute Gasteiger partial charge is 0.298 e. The molecular weight excluding hydrogens is 331 g/mol.